The van der Waals surface area contributed by atoms with Crippen LogP contribution < -0.4 is 15.4 Å². The number of likely N-dealkylation sites (N-methyl/N-ethyl adjacent to an activating group) is 1. The molecule has 0 aromatic heterocycles. The number of para-hydroxylation sites is 2. The van der Waals surface area contributed by atoms with Gasteiger partial charge in [-0.1, -0.05) is 12.1 Å². The van der Waals surface area contributed by atoms with E-state index in [0.717, 1.165) is 6.54 Å². The van der Waals surface area contributed by atoms with E-state index in [4.69, 9.17) is 4.74 Å². The maximum Gasteiger partial charge on any atom is 0.240 e. The predicted molar refractivity (Wildman–Crippen MR) is 84.9 cm³/mol. The number of nitrogens with zero attached hydrogens (tertiary/aromatic N) is 1. The van der Waals surface area contributed by atoms with Crippen molar-refractivity contribution in [1.82, 2.24) is 10.2 Å². The highest BCUT2D eigenvalue weighted by molar-refractivity contribution is 6.13. The molecule has 0 radical (unpaired) electrons. The molecule has 0 saturated heterocycles. The fourth-order valence-electron chi connectivity index (χ4n) is 2.23. The molecule has 6 nitrogen and oxygen atoms in total. The second-order valence-electron chi connectivity index (χ2n) is 5.80. The summed E-state index contributed by atoms with van der Waals surface area (Å²) in [5.74, 6) is 0.126. The maximum absolute atomic E-state index is 12.5. The fraction of sp³-hybridized carbons (Fsp3) is 0.500. The molecular weight excluding hydrogens is 282 g/mol. The Labute approximate surface area is 130 Å². The largest absolute Gasteiger partial charge is 0.495 e. The summed E-state index contributed by atoms with van der Waals surface area (Å²) in [6.07, 6.45) is 1.17. The monoisotopic (exact) mass is 305 g/mol. The standard InChI is InChI=1S/C16H23N3O3/c1-19(2)11-10-17-14(20)16(8-9-16)15(21)18-12-6-4-5-7-13(12)22-3/h4-7H,8-11H2,1-3H3,(H,17,20)(H,18,21). The predicted octanol–water partition coefficient (Wildman–Crippen LogP) is 1.09. The molecule has 0 unspecified atom stereocenters. The van der Waals surface area contributed by atoms with Crippen LogP contribution in [-0.2, 0) is 9.59 Å². The average Bonchev–Trinajstić information content (AvgIpc) is 3.29. The molecule has 1 aliphatic carbocycles. The molecule has 1 aromatic carbocycles. The fourth-order valence-corrected chi connectivity index (χ4v) is 2.23. The Kier molecular flexibility index (Phi) is 5.03. The van der Waals surface area contributed by atoms with Crippen molar-refractivity contribution in [3.63, 3.8) is 0 Å². The van der Waals surface area contributed by atoms with Crippen molar-refractivity contribution in [2.24, 2.45) is 5.41 Å². The highest BCUT2D eigenvalue weighted by Crippen LogP contribution is 2.47. The quantitative estimate of drug-likeness (QED) is 0.740. The molecule has 1 fully saturated rings. The van der Waals surface area contributed by atoms with Crippen LogP contribution in [-0.4, -0.2) is 51.0 Å². The molecule has 1 saturated carbocycles. The molecule has 0 spiro atoms. The summed E-state index contributed by atoms with van der Waals surface area (Å²) < 4.78 is 5.21. The Morgan fingerprint density at radius 3 is 2.50 bits per heavy atom. The summed E-state index contributed by atoms with van der Waals surface area (Å²) in [5.41, 5.74) is -0.338. The lowest BCUT2D eigenvalue weighted by Gasteiger charge is -2.17. The molecule has 0 heterocycles. The molecule has 2 N–H and O–H groups in total. The van der Waals surface area contributed by atoms with Crippen molar-refractivity contribution in [1.29, 1.82) is 0 Å². The number of ether oxygens (including phenoxy) is 1. The van der Waals surface area contributed by atoms with E-state index in [-0.39, 0.29) is 11.8 Å². The number of carbonyl (C=O) groups excluding carboxylic acids is 2. The van der Waals surface area contributed by atoms with Gasteiger partial charge in [-0.15, -0.1) is 0 Å². The van der Waals surface area contributed by atoms with Crippen molar-refractivity contribution >= 4 is 17.5 Å². The molecule has 6 heteroatoms. The normalized spacial score (nSPS) is 15.3. The topological polar surface area (TPSA) is 70.7 Å². The average molecular weight is 305 g/mol. The zero-order valence-electron chi connectivity index (χ0n) is 13.3. The van der Waals surface area contributed by atoms with Gasteiger partial charge in [0.05, 0.1) is 12.8 Å². The van der Waals surface area contributed by atoms with Crippen LogP contribution in [0, 0.1) is 5.41 Å². The minimum Gasteiger partial charge on any atom is -0.495 e. The molecule has 120 valence electrons. The van der Waals surface area contributed by atoms with Gasteiger partial charge >= 0.3 is 0 Å². The van der Waals surface area contributed by atoms with Crippen LogP contribution in [0.15, 0.2) is 24.3 Å². The number of hydrogen-bond donors (Lipinski definition) is 2. The third-order valence-electron chi connectivity index (χ3n) is 3.82. The molecule has 2 rings (SSSR count). The van der Waals surface area contributed by atoms with Gasteiger partial charge in [-0.25, -0.2) is 0 Å². The van der Waals surface area contributed by atoms with Crippen LogP contribution in [0.4, 0.5) is 5.69 Å². The van der Waals surface area contributed by atoms with Crippen LogP contribution in [0.25, 0.3) is 0 Å². The first-order chi connectivity index (χ1) is 10.5. The van der Waals surface area contributed by atoms with E-state index in [1.807, 2.05) is 31.1 Å². The van der Waals surface area contributed by atoms with Crippen LogP contribution >= 0.6 is 0 Å². The van der Waals surface area contributed by atoms with Gasteiger partial charge in [-0.05, 0) is 39.1 Å². The maximum atomic E-state index is 12.5. The van der Waals surface area contributed by atoms with E-state index in [9.17, 15) is 9.59 Å². The summed E-state index contributed by atoms with van der Waals surface area (Å²) in [6.45, 7) is 1.28. The van der Waals surface area contributed by atoms with Crippen molar-refractivity contribution in [3.05, 3.63) is 24.3 Å². The number of methoxy groups -OCH3 is 1. The van der Waals surface area contributed by atoms with Gasteiger partial charge in [-0.3, -0.25) is 9.59 Å². The lowest BCUT2D eigenvalue weighted by Crippen LogP contribution is -2.42. The summed E-state index contributed by atoms with van der Waals surface area (Å²) in [4.78, 5) is 26.7. The van der Waals surface area contributed by atoms with Crippen molar-refractivity contribution in [2.45, 2.75) is 12.8 Å². The van der Waals surface area contributed by atoms with E-state index < -0.39 is 5.41 Å². The van der Waals surface area contributed by atoms with Gasteiger partial charge in [0.2, 0.25) is 11.8 Å². The molecule has 0 atom stereocenters. The molecule has 2 amide bonds. The van der Waals surface area contributed by atoms with E-state index in [0.29, 0.717) is 30.8 Å². The van der Waals surface area contributed by atoms with Gasteiger partial charge < -0.3 is 20.3 Å². The van der Waals surface area contributed by atoms with Crippen LogP contribution in [0.3, 0.4) is 0 Å². The van der Waals surface area contributed by atoms with Crippen molar-refractivity contribution in [3.8, 4) is 5.75 Å². The van der Waals surface area contributed by atoms with E-state index >= 15 is 0 Å². The zero-order valence-corrected chi connectivity index (χ0v) is 13.3. The third kappa shape index (κ3) is 3.57. The first-order valence-corrected chi connectivity index (χ1v) is 7.37. The number of anilines is 1. The molecule has 1 aromatic rings. The summed E-state index contributed by atoms with van der Waals surface area (Å²) in [5, 5.41) is 5.65. The van der Waals surface area contributed by atoms with Crippen LogP contribution in [0.2, 0.25) is 0 Å². The Morgan fingerprint density at radius 2 is 1.91 bits per heavy atom. The first-order valence-electron chi connectivity index (χ1n) is 7.37. The number of nitrogens with one attached hydrogen (secondary N) is 2. The number of rotatable bonds is 7. The highest BCUT2D eigenvalue weighted by Gasteiger charge is 2.56. The second-order valence-corrected chi connectivity index (χ2v) is 5.80. The SMILES string of the molecule is COc1ccccc1NC(=O)C1(C(=O)NCCN(C)C)CC1. The van der Waals surface area contributed by atoms with E-state index in [1.165, 1.54) is 0 Å². The number of amides is 2. The van der Waals surface area contributed by atoms with E-state index in [2.05, 4.69) is 10.6 Å². The Bertz CT molecular complexity index is 553. The molecule has 0 aliphatic heterocycles. The van der Waals surface area contributed by atoms with Crippen LogP contribution in [0.1, 0.15) is 12.8 Å². The van der Waals surface area contributed by atoms with E-state index in [1.54, 1.807) is 19.2 Å². The Balaban J connectivity index is 1.98. The van der Waals surface area contributed by atoms with Gasteiger partial charge in [0.15, 0.2) is 0 Å². The summed E-state index contributed by atoms with van der Waals surface area (Å²) in [6, 6.07) is 7.17. The third-order valence-corrected chi connectivity index (χ3v) is 3.82. The van der Waals surface area contributed by atoms with Crippen molar-refractivity contribution in [2.75, 3.05) is 39.6 Å². The molecule has 0 bridgehead atoms. The number of hydrogen-bond acceptors (Lipinski definition) is 4. The molecule has 1 aliphatic rings. The highest BCUT2D eigenvalue weighted by atomic mass is 16.5. The summed E-state index contributed by atoms with van der Waals surface area (Å²) >= 11 is 0. The molecule has 22 heavy (non-hydrogen) atoms. The smallest absolute Gasteiger partial charge is 0.240 e. The minimum absolute atomic E-state index is 0.193. The first kappa shape index (κ1) is 16.3. The minimum atomic E-state index is -0.923. The Morgan fingerprint density at radius 1 is 1.23 bits per heavy atom. The lowest BCUT2D eigenvalue weighted by molar-refractivity contribution is -0.134. The number of carbonyl (C=O) groups is 2. The number of benzene rings is 1. The Hall–Kier alpha value is -2.08. The van der Waals surface area contributed by atoms with Gasteiger partial charge in [0.25, 0.3) is 0 Å². The van der Waals surface area contributed by atoms with Gasteiger partial charge in [0, 0.05) is 13.1 Å². The van der Waals surface area contributed by atoms with Gasteiger partial charge in [0.1, 0.15) is 11.2 Å². The summed E-state index contributed by atoms with van der Waals surface area (Å²) in [7, 11) is 5.42. The van der Waals surface area contributed by atoms with Crippen LogP contribution in [0.5, 0.6) is 5.75 Å². The molecular formula is C16H23N3O3. The zero-order chi connectivity index (χ0) is 16.2. The lowest BCUT2D eigenvalue weighted by atomic mass is 10.0. The van der Waals surface area contributed by atoms with Gasteiger partial charge in [-0.2, -0.15) is 0 Å². The second kappa shape index (κ2) is 6.79. The van der Waals surface area contributed by atoms with Crippen molar-refractivity contribution < 1.29 is 14.3 Å².